The van der Waals surface area contributed by atoms with Gasteiger partial charge in [-0.05, 0) is 47.2 Å². The summed E-state index contributed by atoms with van der Waals surface area (Å²) in [6, 6.07) is 12.1. The lowest BCUT2D eigenvalue weighted by Gasteiger charge is -2.18. The molecule has 1 amide bonds. The zero-order valence-electron chi connectivity index (χ0n) is 14.2. The van der Waals surface area contributed by atoms with E-state index < -0.39 is 0 Å². The maximum Gasteiger partial charge on any atom is 0.244 e. The first-order valence-electron chi connectivity index (χ1n) is 7.85. The molecule has 0 spiro atoms. The number of benzene rings is 1. The molecule has 0 aliphatic carbocycles. The van der Waals surface area contributed by atoms with Gasteiger partial charge in [-0.15, -0.1) is 0 Å². The molecule has 1 unspecified atom stereocenters. The third-order valence-electron chi connectivity index (χ3n) is 3.77. The molecule has 0 bridgehead atoms. The summed E-state index contributed by atoms with van der Waals surface area (Å²) in [5.41, 5.74) is 3.48. The molecular formula is C20H24N2O. The number of pyridine rings is 1. The minimum atomic E-state index is -0.103. The average Bonchev–Trinajstić information content (AvgIpc) is 2.53. The van der Waals surface area contributed by atoms with Crippen molar-refractivity contribution in [3.63, 3.8) is 0 Å². The van der Waals surface area contributed by atoms with Crippen molar-refractivity contribution in [2.75, 3.05) is 0 Å². The maximum absolute atomic E-state index is 12.0. The van der Waals surface area contributed by atoms with Crippen LogP contribution >= 0.6 is 0 Å². The molecule has 120 valence electrons. The van der Waals surface area contributed by atoms with Crippen molar-refractivity contribution in [3.05, 3.63) is 71.6 Å². The molecule has 0 fully saturated rings. The zero-order valence-corrected chi connectivity index (χ0v) is 14.2. The Morgan fingerprint density at radius 2 is 1.70 bits per heavy atom. The first-order valence-corrected chi connectivity index (χ1v) is 7.85. The van der Waals surface area contributed by atoms with Crippen molar-refractivity contribution in [1.29, 1.82) is 0 Å². The summed E-state index contributed by atoms with van der Waals surface area (Å²) < 4.78 is 0. The van der Waals surface area contributed by atoms with Gasteiger partial charge in [0.2, 0.25) is 5.91 Å². The number of hydrogen-bond acceptors (Lipinski definition) is 2. The molecular weight excluding hydrogens is 284 g/mol. The molecule has 0 saturated carbocycles. The minimum absolute atomic E-state index is 0.0431. The summed E-state index contributed by atoms with van der Waals surface area (Å²) in [5, 5.41) is 2.95. The van der Waals surface area contributed by atoms with Gasteiger partial charge < -0.3 is 5.32 Å². The molecule has 0 aliphatic heterocycles. The normalized spacial score (nSPS) is 13.0. The number of aromatic nitrogens is 1. The molecule has 3 heteroatoms. The summed E-state index contributed by atoms with van der Waals surface area (Å²) in [6.45, 7) is 8.52. The standard InChI is InChI=1S/C20H24N2O/c1-15(17-11-13-21-14-12-17)22-19(23)10-7-16-5-8-18(9-6-16)20(2,3)4/h5-15H,1-4H3,(H,22,23)/b10-7+. The molecule has 2 rings (SSSR count). The second kappa shape index (κ2) is 7.23. The van der Waals surface area contributed by atoms with Crippen LogP contribution in [0.3, 0.4) is 0 Å². The van der Waals surface area contributed by atoms with Crippen LogP contribution in [0.25, 0.3) is 6.08 Å². The van der Waals surface area contributed by atoms with Gasteiger partial charge in [-0.25, -0.2) is 0 Å². The van der Waals surface area contributed by atoms with Crippen LogP contribution in [0, 0.1) is 0 Å². The predicted octanol–water partition coefficient (Wildman–Crippen LogP) is 4.27. The molecule has 1 heterocycles. The Bertz CT molecular complexity index is 667. The molecule has 1 N–H and O–H groups in total. The Morgan fingerprint density at radius 1 is 1.09 bits per heavy atom. The Hall–Kier alpha value is -2.42. The van der Waals surface area contributed by atoms with E-state index in [4.69, 9.17) is 0 Å². The highest BCUT2D eigenvalue weighted by molar-refractivity contribution is 5.91. The van der Waals surface area contributed by atoms with E-state index >= 15 is 0 Å². The molecule has 0 radical (unpaired) electrons. The highest BCUT2D eigenvalue weighted by Crippen LogP contribution is 2.22. The lowest BCUT2D eigenvalue weighted by atomic mass is 9.87. The van der Waals surface area contributed by atoms with E-state index in [1.807, 2.05) is 37.3 Å². The molecule has 0 saturated heterocycles. The molecule has 1 aromatic heterocycles. The fourth-order valence-electron chi connectivity index (χ4n) is 2.26. The topological polar surface area (TPSA) is 42.0 Å². The number of nitrogens with zero attached hydrogens (tertiary/aromatic N) is 1. The van der Waals surface area contributed by atoms with Crippen molar-refractivity contribution in [1.82, 2.24) is 10.3 Å². The molecule has 0 aliphatic rings. The van der Waals surface area contributed by atoms with Crippen LogP contribution in [0.5, 0.6) is 0 Å². The van der Waals surface area contributed by atoms with Gasteiger partial charge in [-0.1, -0.05) is 45.0 Å². The van der Waals surface area contributed by atoms with Crippen molar-refractivity contribution >= 4 is 12.0 Å². The van der Waals surface area contributed by atoms with Gasteiger partial charge in [0, 0.05) is 18.5 Å². The van der Waals surface area contributed by atoms with Crippen LogP contribution in [0.2, 0.25) is 0 Å². The van der Waals surface area contributed by atoms with E-state index in [9.17, 15) is 4.79 Å². The summed E-state index contributed by atoms with van der Waals surface area (Å²) in [4.78, 5) is 16.0. The van der Waals surface area contributed by atoms with E-state index in [2.05, 4.69) is 43.2 Å². The molecule has 1 aromatic carbocycles. The number of carbonyl (C=O) groups is 1. The summed E-state index contributed by atoms with van der Waals surface area (Å²) in [5.74, 6) is -0.103. The lowest BCUT2D eigenvalue weighted by molar-refractivity contribution is -0.117. The fourth-order valence-corrected chi connectivity index (χ4v) is 2.26. The first-order chi connectivity index (χ1) is 10.9. The van der Waals surface area contributed by atoms with E-state index in [1.165, 1.54) is 5.56 Å². The van der Waals surface area contributed by atoms with Crippen molar-refractivity contribution in [2.24, 2.45) is 0 Å². The van der Waals surface area contributed by atoms with Gasteiger partial charge >= 0.3 is 0 Å². The summed E-state index contributed by atoms with van der Waals surface area (Å²) in [6.07, 6.45) is 6.86. The van der Waals surface area contributed by atoms with E-state index in [0.717, 1.165) is 11.1 Å². The highest BCUT2D eigenvalue weighted by atomic mass is 16.1. The van der Waals surface area contributed by atoms with Crippen molar-refractivity contribution < 1.29 is 4.79 Å². The lowest BCUT2D eigenvalue weighted by Crippen LogP contribution is -2.24. The Morgan fingerprint density at radius 3 is 2.26 bits per heavy atom. The second-order valence-corrected chi connectivity index (χ2v) is 6.72. The number of rotatable bonds is 4. The van der Waals surface area contributed by atoms with Gasteiger partial charge in [0.15, 0.2) is 0 Å². The van der Waals surface area contributed by atoms with Crippen molar-refractivity contribution in [2.45, 2.75) is 39.2 Å². The average molecular weight is 308 g/mol. The first kappa shape index (κ1) is 16.9. The Labute approximate surface area is 138 Å². The quantitative estimate of drug-likeness (QED) is 0.857. The van der Waals surface area contributed by atoms with Gasteiger partial charge in [0.1, 0.15) is 0 Å². The maximum atomic E-state index is 12.0. The Kier molecular flexibility index (Phi) is 5.32. The van der Waals surface area contributed by atoms with E-state index in [1.54, 1.807) is 18.5 Å². The third-order valence-corrected chi connectivity index (χ3v) is 3.77. The zero-order chi connectivity index (χ0) is 16.9. The number of amides is 1. The molecule has 1 atom stereocenters. The van der Waals surface area contributed by atoms with Gasteiger partial charge in [-0.2, -0.15) is 0 Å². The van der Waals surface area contributed by atoms with E-state index in [0.29, 0.717) is 0 Å². The van der Waals surface area contributed by atoms with Crippen molar-refractivity contribution in [3.8, 4) is 0 Å². The van der Waals surface area contributed by atoms with Crippen LogP contribution in [0.15, 0.2) is 54.9 Å². The van der Waals surface area contributed by atoms with Gasteiger partial charge in [0.25, 0.3) is 0 Å². The third kappa shape index (κ3) is 5.06. The number of carbonyl (C=O) groups excluding carboxylic acids is 1. The molecule has 3 nitrogen and oxygen atoms in total. The molecule has 23 heavy (non-hydrogen) atoms. The highest BCUT2D eigenvalue weighted by Gasteiger charge is 2.12. The monoisotopic (exact) mass is 308 g/mol. The SMILES string of the molecule is CC(NC(=O)/C=C/c1ccc(C(C)(C)C)cc1)c1ccncc1. The van der Waals surface area contributed by atoms with Crippen LogP contribution in [0.4, 0.5) is 0 Å². The minimum Gasteiger partial charge on any atom is -0.346 e. The smallest absolute Gasteiger partial charge is 0.244 e. The Balaban J connectivity index is 1.96. The number of nitrogens with one attached hydrogen (secondary N) is 1. The predicted molar refractivity (Wildman–Crippen MR) is 95.0 cm³/mol. The number of hydrogen-bond donors (Lipinski definition) is 1. The fraction of sp³-hybridized carbons (Fsp3) is 0.300. The van der Waals surface area contributed by atoms with Crippen LogP contribution in [-0.4, -0.2) is 10.9 Å². The summed E-state index contributed by atoms with van der Waals surface area (Å²) in [7, 11) is 0. The summed E-state index contributed by atoms with van der Waals surface area (Å²) >= 11 is 0. The molecule has 2 aromatic rings. The van der Waals surface area contributed by atoms with E-state index in [-0.39, 0.29) is 17.4 Å². The van der Waals surface area contributed by atoms with Crippen LogP contribution in [-0.2, 0) is 10.2 Å². The van der Waals surface area contributed by atoms with Gasteiger partial charge in [0.05, 0.1) is 6.04 Å². The van der Waals surface area contributed by atoms with Crippen LogP contribution in [0.1, 0.15) is 50.4 Å². The van der Waals surface area contributed by atoms with Crippen LogP contribution < -0.4 is 5.32 Å². The second-order valence-electron chi connectivity index (χ2n) is 6.72. The van der Waals surface area contributed by atoms with Gasteiger partial charge in [-0.3, -0.25) is 9.78 Å². The largest absolute Gasteiger partial charge is 0.346 e.